The first kappa shape index (κ1) is 23.5. The normalized spacial score (nSPS) is 12.1. The van der Waals surface area contributed by atoms with Crippen LogP contribution in [0.5, 0.6) is 11.5 Å². The van der Waals surface area contributed by atoms with Gasteiger partial charge in [-0.05, 0) is 55.3 Å². The Bertz CT molecular complexity index is 912. The van der Waals surface area contributed by atoms with Crippen molar-refractivity contribution in [3.8, 4) is 11.5 Å². The van der Waals surface area contributed by atoms with E-state index >= 15 is 0 Å². The van der Waals surface area contributed by atoms with E-state index in [1.807, 2.05) is 24.3 Å². The number of carbonyl (C=O) groups excluding carboxylic acids is 1. The minimum Gasteiger partial charge on any atom is -0.497 e. The number of nitrogens with zero attached hydrogens (tertiary/aromatic N) is 1. The van der Waals surface area contributed by atoms with Crippen LogP contribution in [-0.4, -0.2) is 46.9 Å². The second-order valence-corrected chi connectivity index (χ2v) is 8.83. The molecule has 2 rings (SSSR count). The molecule has 1 amide bonds. The Kier molecular flexibility index (Phi) is 8.53. The summed E-state index contributed by atoms with van der Waals surface area (Å²) in [4.78, 5) is 12.6. The highest BCUT2D eigenvalue weighted by Gasteiger charge is 2.28. The summed E-state index contributed by atoms with van der Waals surface area (Å²) in [5.74, 6) is 0.926. The predicted molar refractivity (Wildman–Crippen MR) is 119 cm³/mol. The molecule has 0 spiro atoms. The summed E-state index contributed by atoms with van der Waals surface area (Å²) in [6, 6.07) is 13.5. The molecule has 30 heavy (non-hydrogen) atoms. The van der Waals surface area contributed by atoms with Gasteiger partial charge in [0.15, 0.2) is 0 Å². The molecular weight excluding hydrogens is 404 g/mol. The Morgan fingerprint density at radius 3 is 2.20 bits per heavy atom. The molecule has 0 fully saturated rings. The number of anilines is 1. The minimum atomic E-state index is -3.66. The lowest BCUT2D eigenvalue weighted by molar-refractivity contribution is -0.121. The van der Waals surface area contributed by atoms with Crippen molar-refractivity contribution < 1.29 is 22.7 Å². The number of benzene rings is 2. The first-order chi connectivity index (χ1) is 14.3. The molecule has 1 atom stereocenters. The van der Waals surface area contributed by atoms with Gasteiger partial charge in [-0.25, -0.2) is 8.42 Å². The van der Waals surface area contributed by atoms with Crippen LogP contribution in [0.25, 0.3) is 0 Å². The van der Waals surface area contributed by atoms with E-state index < -0.39 is 22.0 Å². The first-order valence-electron chi connectivity index (χ1n) is 9.89. The summed E-state index contributed by atoms with van der Waals surface area (Å²) >= 11 is 0. The highest BCUT2D eigenvalue weighted by atomic mass is 32.2. The van der Waals surface area contributed by atoms with E-state index in [9.17, 15) is 13.2 Å². The third-order valence-corrected chi connectivity index (χ3v) is 5.79. The zero-order valence-corrected chi connectivity index (χ0v) is 18.7. The number of nitrogens with one attached hydrogen (secondary N) is 1. The lowest BCUT2D eigenvalue weighted by Crippen LogP contribution is -2.48. The quantitative estimate of drug-likeness (QED) is 0.550. The number of hydrogen-bond donors (Lipinski definition) is 1. The predicted octanol–water partition coefficient (Wildman–Crippen LogP) is 3.00. The van der Waals surface area contributed by atoms with E-state index in [0.29, 0.717) is 11.4 Å². The summed E-state index contributed by atoms with van der Waals surface area (Å²) in [6.45, 7) is 4.23. The first-order valence-corrected chi connectivity index (χ1v) is 11.7. The molecule has 0 radical (unpaired) electrons. The number of rotatable bonds is 11. The molecule has 1 N–H and O–H groups in total. The number of hydrogen-bond acceptors (Lipinski definition) is 5. The Morgan fingerprint density at radius 2 is 1.67 bits per heavy atom. The third-order valence-electron chi connectivity index (χ3n) is 4.55. The molecule has 8 heteroatoms. The van der Waals surface area contributed by atoms with Crippen LogP contribution in [0.2, 0.25) is 0 Å². The van der Waals surface area contributed by atoms with Crippen LogP contribution in [-0.2, 0) is 21.2 Å². The van der Waals surface area contributed by atoms with E-state index in [1.165, 1.54) is 12.7 Å². The summed E-state index contributed by atoms with van der Waals surface area (Å²) in [5, 5.41) is 2.73. The average Bonchev–Trinajstić information content (AvgIpc) is 2.72. The van der Waals surface area contributed by atoms with Gasteiger partial charge in [0.25, 0.3) is 0 Å². The maximum atomic E-state index is 12.6. The van der Waals surface area contributed by atoms with Crippen LogP contribution in [0.15, 0.2) is 48.5 Å². The minimum absolute atomic E-state index is 0.264. The summed E-state index contributed by atoms with van der Waals surface area (Å²) < 4.78 is 36.5. The number of carbonyl (C=O) groups is 1. The number of ether oxygens (including phenoxy) is 2. The molecule has 0 aromatic heterocycles. The molecule has 0 saturated carbocycles. The number of sulfonamides is 1. The standard InChI is InChI=1S/C22H30N2O5S/c1-5-6-18-7-11-21(12-8-18)29-16-15-23-22(25)17(2)24(30(4,26)27)19-9-13-20(28-3)14-10-19/h7-14,17H,5-6,15-16H2,1-4H3,(H,23,25)/t17-/m0/s1. The molecule has 0 unspecified atom stereocenters. The van der Waals surface area contributed by atoms with Crippen molar-refractivity contribution in [1.29, 1.82) is 0 Å². The Hall–Kier alpha value is -2.74. The zero-order valence-electron chi connectivity index (χ0n) is 17.9. The van der Waals surface area contributed by atoms with E-state index in [4.69, 9.17) is 9.47 Å². The maximum Gasteiger partial charge on any atom is 0.243 e. The van der Waals surface area contributed by atoms with Crippen LogP contribution in [0.3, 0.4) is 0 Å². The van der Waals surface area contributed by atoms with Gasteiger partial charge < -0.3 is 14.8 Å². The Morgan fingerprint density at radius 1 is 1.07 bits per heavy atom. The van der Waals surface area contributed by atoms with Gasteiger partial charge in [0.05, 0.1) is 25.6 Å². The van der Waals surface area contributed by atoms with Crippen LogP contribution in [0, 0.1) is 0 Å². The fraction of sp³-hybridized carbons (Fsp3) is 0.409. The Labute approximate surface area is 179 Å². The summed E-state index contributed by atoms with van der Waals surface area (Å²) in [5.41, 5.74) is 1.65. The lowest BCUT2D eigenvalue weighted by Gasteiger charge is -2.28. The lowest BCUT2D eigenvalue weighted by atomic mass is 10.1. The van der Waals surface area contributed by atoms with Crippen molar-refractivity contribution in [3.05, 3.63) is 54.1 Å². The van der Waals surface area contributed by atoms with Gasteiger partial charge in [0.2, 0.25) is 15.9 Å². The molecule has 0 aliphatic rings. The largest absolute Gasteiger partial charge is 0.497 e. The number of methoxy groups -OCH3 is 1. The van der Waals surface area contributed by atoms with E-state index in [1.54, 1.807) is 31.2 Å². The van der Waals surface area contributed by atoms with Gasteiger partial charge in [-0.2, -0.15) is 0 Å². The highest BCUT2D eigenvalue weighted by Crippen LogP contribution is 2.23. The molecular formula is C22H30N2O5S. The van der Waals surface area contributed by atoms with Crippen molar-refractivity contribution in [2.75, 3.05) is 30.8 Å². The van der Waals surface area contributed by atoms with E-state index in [2.05, 4.69) is 12.2 Å². The fourth-order valence-corrected chi connectivity index (χ4v) is 4.24. The molecule has 0 aliphatic carbocycles. The second-order valence-electron chi connectivity index (χ2n) is 6.97. The molecule has 0 aliphatic heterocycles. The van der Waals surface area contributed by atoms with Crippen LogP contribution >= 0.6 is 0 Å². The Balaban J connectivity index is 1.93. The summed E-state index contributed by atoms with van der Waals surface area (Å²) in [6.07, 6.45) is 3.19. The van der Waals surface area contributed by atoms with Gasteiger partial charge in [-0.3, -0.25) is 9.10 Å². The topological polar surface area (TPSA) is 84.9 Å². The second kappa shape index (κ2) is 10.9. The van der Waals surface area contributed by atoms with Crippen molar-refractivity contribution in [1.82, 2.24) is 5.32 Å². The van der Waals surface area contributed by atoms with Crippen LogP contribution < -0.4 is 19.1 Å². The highest BCUT2D eigenvalue weighted by molar-refractivity contribution is 7.92. The average molecular weight is 435 g/mol. The van der Waals surface area contributed by atoms with E-state index in [0.717, 1.165) is 29.2 Å². The number of amides is 1. The van der Waals surface area contributed by atoms with Crippen LogP contribution in [0.4, 0.5) is 5.69 Å². The third kappa shape index (κ3) is 6.66. The molecule has 0 heterocycles. The molecule has 2 aromatic carbocycles. The molecule has 164 valence electrons. The molecule has 0 saturated heterocycles. The van der Waals surface area contributed by atoms with Gasteiger partial charge >= 0.3 is 0 Å². The van der Waals surface area contributed by atoms with Crippen molar-refractivity contribution in [2.24, 2.45) is 0 Å². The van der Waals surface area contributed by atoms with Gasteiger partial charge in [-0.1, -0.05) is 25.5 Å². The number of aryl methyl sites for hydroxylation is 1. The van der Waals surface area contributed by atoms with Crippen molar-refractivity contribution in [2.45, 2.75) is 32.7 Å². The van der Waals surface area contributed by atoms with E-state index in [-0.39, 0.29) is 13.2 Å². The van der Waals surface area contributed by atoms with Crippen molar-refractivity contribution >= 4 is 21.6 Å². The molecule has 2 aromatic rings. The fourth-order valence-electron chi connectivity index (χ4n) is 3.07. The van der Waals surface area contributed by atoms with Gasteiger partial charge in [0, 0.05) is 0 Å². The summed E-state index contributed by atoms with van der Waals surface area (Å²) in [7, 11) is -2.14. The molecule has 0 bridgehead atoms. The van der Waals surface area contributed by atoms with Gasteiger partial charge in [-0.15, -0.1) is 0 Å². The zero-order chi connectivity index (χ0) is 22.1. The van der Waals surface area contributed by atoms with Gasteiger partial charge in [0.1, 0.15) is 24.1 Å². The molecule has 7 nitrogen and oxygen atoms in total. The maximum absolute atomic E-state index is 12.6. The van der Waals surface area contributed by atoms with Crippen molar-refractivity contribution in [3.63, 3.8) is 0 Å². The monoisotopic (exact) mass is 434 g/mol. The SMILES string of the molecule is CCCc1ccc(OCCNC(=O)[C@H](C)N(c2ccc(OC)cc2)S(C)(=O)=O)cc1. The van der Waals surface area contributed by atoms with Crippen LogP contribution in [0.1, 0.15) is 25.8 Å². The smallest absolute Gasteiger partial charge is 0.243 e.